The van der Waals surface area contributed by atoms with Gasteiger partial charge in [-0.2, -0.15) is 0 Å². The second kappa shape index (κ2) is 7.12. The molecule has 3 N–H and O–H groups in total. The minimum atomic E-state index is -3.61. The van der Waals surface area contributed by atoms with Gasteiger partial charge in [-0.1, -0.05) is 6.07 Å². The Bertz CT molecular complexity index is 548. The number of nitrogens with two attached hydrogens (primary N) is 1. The van der Waals surface area contributed by atoms with Crippen LogP contribution in [0.1, 0.15) is 13.3 Å². The van der Waals surface area contributed by atoms with E-state index in [9.17, 15) is 8.42 Å². The van der Waals surface area contributed by atoms with E-state index in [2.05, 4.69) is 4.72 Å². The molecule has 6 nitrogen and oxygen atoms in total. The van der Waals surface area contributed by atoms with E-state index in [1.807, 2.05) is 6.92 Å². The monoisotopic (exact) mass is 322 g/mol. The number of halogens is 1. The first-order valence-electron chi connectivity index (χ1n) is 6.14. The lowest BCUT2D eigenvalue weighted by Crippen LogP contribution is -2.30. The summed E-state index contributed by atoms with van der Waals surface area (Å²) >= 11 is 0. The second-order valence-electron chi connectivity index (χ2n) is 4.44. The summed E-state index contributed by atoms with van der Waals surface area (Å²) in [6, 6.07) is 4.78. The Kier molecular flexibility index (Phi) is 6.07. The summed E-state index contributed by atoms with van der Waals surface area (Å²) in [5, 5.41) is 0. The molecule has 0 fully saturated rings. The summed E-state index contributed by atoms with van der Waals surface area (Å²) in [7, 11) is -3.61. The van der Waals surface area contributed by atoms with Crippen LogP contribution < -0.4 is 19.9 Å². The Morgan fingerprint density at radius 1 is 1.35 bits per heavy atom. The quantitative estimate of drug-likeness (QED) is 0.840. The third-order valence-corrected chi connectivity index (χ3v) is 4.20. The molecule has 1 aromatic rings. The van der Waals surface area contributed by atoms with Crippen molar-refractivity contribution >= 4 is 22.4 Å². The Labute approximate surface area is 125 Å². The average molecular weight is 323 g/mol. The van der Waals surface area contributed by atoms with Gasteiger partial charge in [0, 0.05) is 12.6 Å². The van der Waals surface area contributed by atoms with Gasteiger partial charge in [0.1, 0.15) is 18.1 Å². The van der Waals surface area contributed by atoms with Crippen LogP contribution in [0.15, 0.2) is 23.1 Å². The summed E-state index contributed by atoms with van der Waals surface area (Å²) in [5.74, 6) is 0.739. The molecule has 1 aliphatic rings. The molecule has 1 atom stereocenters. The molecule has 0 saturated carbocycles. The van der Waals surface area contributed by atoms with Crippen molar-refractivity contribution in [2.24, 2.45) is 5.73 Å². The van der Waals surface area contributed by atoms with Gasteiger partial charge in [0.05, 0.1) is 0 Å². The van der Waals surface area contributed by atoms with Crippen LogP contribution in [0.3, 0.4) is 0 Å². The topological polar surface area (TPSA) is 90.7 Å². The summed E-state index contributed by atoms with van der Waals surface area (Å²) in [6.45, 7) is 2.90. The van der Waals surface area contributed by atoms with Gasteiger partial charge in [-0.3, -0.25) is 0 Å². The van der Waals surface area contributed by atoms with Crippen molar-refractivity contribution in [3.05, 3.63) is 18.2 Å². The van der Waals surface area contributed by atoms with E-state index < -0.39 is 10.0 Å². The molecule has 0 spiro atoms. The number of hydrogen-bond donors (Lipinski definition) is 2. The van der Waals surface area contributed by atoms with E-state index in [1.165, 1.54) is 6.07 Å². The van der Waals surface area contributed by atoms with Crippen molar-refractivity contribution in [1.29, 1.82) is 0 Å². The molecule has 0 saturated heterocycles. The van der Waals surface area contributed by atoms with Crippen molar-refractivity contribution in [2.45, 2.75) is 24.3 Å². The van der Waals surface area contributed by atoms with Gasteiger partial charge >= 0.3 is 0 Å². The predicted octanol–water partition coefficient (Wildman–Crippen LogP) is 0.895. The molecule has 0 radical (unpaired) electrons. The van der Waals surface area contributed by atoms with Crippen molar-refractivity contribution in [3.63, 3.8) is 0 Å². The molecule has 2 rings (SSSR count). The highest BCUT2D eigenvalue weighted by atomic mass is 35.5. The molecule has 114 valence electrons. The third-order valence-electron chi connectivity index (χ3n) is 2.71. The summed E-state index contributed by atoms with van der Waals surface area (Å²) in [6.07, 6.45) is 0.575. The summed E-state index contributed by atoms with van der Waals surface area (Å²) in [4.78, 5) is 0.106. The number of rotatable bonds is 5. The van der Waals surface area contributed by atoms with Crippen LogP contribution in [0.2, 0.25) is 0 Å². The number of para-hydroxylation sites is 1. The fraction of sp³-hybridized carbons (Fsp3) is 0.500. The average Bonchev–Trinajstić information content (AvgIpc) is 2.37. The largest absolute Gasteiger partial charge is 0.486 e. The van der Waals surface area contributed by atoms with E-state index >= 15 is 0 Å². The number of benzene rings is 1. The number of hydrogen-bond acceptors (Lipinski definition) is 5. The van der Waals surface area contributed by atoms with Gasteiger partial charge in [0.2, 0.25) is 10.0 Å². The van der Waals surface area contributed by atoms with Crippen LogP contribution >= 0.6 is 12.4 Å². The lowest BCUT2D eigenvalue weighted by atomic mass is 10.3. The number of nitrogens with one attached hydrogen (secondary N) is 1. The zero-order valence-electron chi connectivity index (χ0n) is 11.2. The normalized spacial score (nSPS) is 15.3. The van der Waals surface area contributed by atoms with Gasteiger partial charge in [-0.05, 0) is 25.5 Å². The number of sulfonamides is 1. The zero-order chi connectivity index (χ0) is 13.9. The molecule has 0 amide bonds. The molecular formula is C12H19ClN2O4S. The van der Waals surface area contributed by atoms with Crippen molar-refractivity contribution in [3.8, 4) is 11.5 Å². The Hall–Kier alpha value is -1.02. The molecule has 8 heteroatoms. The van der Waals surface area contributed by atoms with Gasteiger partial charge in [0.25, 0.3) is 0 Å². The van der Waals surface area contributed by atoms with Crippen LogP contribution in [-0.4, -0.2) is 34.2 Å². The highest BCUT2D eigenvalue weighted by Gasteiger charge is 2.24. The van der Waals surface area contributed by atoms with E-state index in [0.29, 0.717) is 31.9 Å². The van der Waals surface area contributed by atoms with Crippen LogP contribution in [0.5, 0.6) is 11.5 Å². The first kappa shape index (κ1) is 17.0. The standard InChI is InChI=1S/C12H18N2O4S.ClH/c1-9(13)5-6-14-19(15,16)11-4-2-3-10-12(11)18-8-7-17-10;/h2-4,9,14H,5-8,13H2,1H3;1H. The Balaban J connectivity index is 0.00000200. The third kappa shape index (κ3) is 3.99. The molecular weight excluding hydrogens is 304 g/mol. The zero-order valence-corrected chi connectivity index (χ0v) is 12.8. The van der Waals surface area contributed by atoms with E-state index in [-0.39, 0.29) is 29.1 Å². The lowest BCUT2D eigenvalue weighted by molar-refractivity contribution is 0.167. The Morgan fingerprint density at radius 2 is 2.05 bits per heavy atom. The maximum atomic E-state index is 12.2. The van der Waals surface area contributed by atoms with Gasteiger partial charge < -0.3 is 15.2 Å². The lowest BCUT2D eigenvalue weighted by Gasteiger charge is -2.21. The van der Waals surface area contributed by atoms with E-state index in [4.69, 9.17) is 15.2 Å². The summed E-state index contributed by atoms with van der Waals surface area (Å²) < 4.78 is 37.7. The van der Waals surface area contributed by atoms with E-state index in [0.717, 1.165) is 0 Å². The Morgan fingerprint density at radius 3 is 2.75 bits per heavy atom. The summed E-state index contributed by atoms with van der Waals surface area (Å²) in [5.41, 5.74) is 5.59. The van der Waals surface area contributed by atoms with Gasteiger partial charge in [-0.25, -0.2) is 13.1 Å². The molecule has 1 aromatic carbocycles. The first-order chi connectivity index (χ1) is 9.00. The molecule has 20 heavy (non-hydrogen) atoms. The van der Waals surface area contributed by atoms with Gasteiger partial charge in [-0.15, -0.1) is 12.4 Å². The SMILES string of the molecule is CC(N)CCNS(=O)(=O)c1cccc2c1OCCO2.Cl. The van der Waals surface area contributed by atoms with Gasteiger partial charge in [0.15, 0.2) is 11.5 Å². The number of ether oxygens (including phenoxy) is 2. The minimum Gasteiger partial charge on any atom is -0.486 e. The number of fused-ring (bicyclic) bond motifs is 1. The fourth-order valence-electron chi connectivity index (χ4n) is 1.76. The van der Waals surface area contributed by atoms with Crippen LogP contribution in [0.25, 0.3) is 0 Å². The first-order valence-corrected chi connectivity index (χ1v) is 7.63. The smallest absolute Gasteiger partial charge is 0.244 e. The molecule has 1 aliphatic heterocycles. The van der Waals surface area contributed by atoms with Crippen molar-refractivity contribution in [2.75, 3.05) is 19.8 Å². The minimum absolute atomic E-state index is 0. The predicted molar refractivity (Wildman–Crippen MR) is 78.1 cm³/mol. The highest BCUT2D eigenvalue weighted by Crippen LogP contribution is 2.36. The molecule has 0 aromatic heterocycles. The van der Waals surface area contributed by atoms with Crippen LogP contribution in [0, 0.1) is 0 Å². The molecule has 0 bridgehead atoms. The maximum Gasteiger partial charge on any atom is 0.244 e. The fourth-order valence-corrected chi connectivity index (χ4v) is 2.96. The van der Waals surface area contributed by atoms with Crippen molar-refractivity contribution < 1.29 is 17.9 Å². The molecule has 1 heterocycles. The molecule has 1 unspecified atom stereocenters. The van der Waals surface area contributed by atoms with Crippen LogP contribution in [-0.2, 0) is 10.0 Å². The van der Waals surface area contributed by atoms with E-state index in [1.54, 1.807) is 12.1 Å². The second-order valence-corrected chi connectivity index (χ2v) is 6.18. The molecule has 0 aliphatic carbocycles. The van der Waals surface area contributed by atoms with Crippen LogP contribution in [0.4, 0.5) is 0 Å². The highest BCUT2D eigenvalue weighted by molar-refractivity contribution is 7.89. The maximum absolute atomic E-state index is 12.2. The van der Waals surface area contributed by atoms with Crippen molar-refractivity contribution in [1.82, 2.24) is 4.72 Å².